The van der Waals surface area contributed by atoms with Gasteiger partial charge in [-0.15, -0.1) is 0 Å². The Morgan fingerprint density at radius 2 is 2.21 bits per heavy atom. The molecule has 0 unspecified atom stereocenters. The minimum atomic E-state index is -0.522. The van der Waals surface area contributed by atoms with Gasteiger partial charge in [0.15, 0.2) is 5.82 Å². The van der Waals surface area contributed by atoms with Crippen LogP contribution in [-0.4, -0.2) is 10.1 Å². The molecule has 2 aromatic rings. The summed E-state index contributed by atoms with van der Waals surface area (Å²) >= 11 is 0. The second-order valence-corrected chi connectivity index (χ2v) is 2.95. The summed E-state index contributed by atoms with van der Waals surface area (Å²) in [7, 11) is 0. The smallest absolute Gasteiger partial charge is 0.296 e. The van der Waals surface area contributed by atoms with Crippen molar-refractivity contribution in [1.82, 2.24) is 10.1 Å². The van der Waals surface area contributed by atoms with Crippen molar-refractivity contribution in [2.24, 2.45) is 0 Å². The molecule has 0 saturated carbocycles. The van der Waals surface area contributed by atoms with E-state index in [9.17, 15) is 4.79 Å². The third-order valence-electron chi connectivity index (χ3n) is 2.09. The lowest BCUT2D eigenvalue weighted by atomic mass is 10.1. The first kappa shape index (κ1) is 8.74. The van der Waals surface area contributed by atoms with Crippen LogP contribution in [0.25, 0.3) is 11.4 Å². The minimum Gasteiger partial charge on any atom is -0.296 e. The SMILES string of the molecule is CCc1ccccc1-c1noc(=O)[nH]1. The molecule has 1 heterocycles. The maximum absolute atomic E-state index is 10.8. The van der Waals surface area contributed by atoms with E-state index < -0.39 is 5.76 Å². The van der Waals surface area contributed by atoms with Crippen molar-refractivity contribution < 1.29 is 4.52 Å². The molecule has 0 aliphatic rings. The highest BCUT2D eigenvalue weighted by atomic mass is 16.5. The third-order valence-corrected chi connectivity index (χ3v) is 2.09. The predicted molar refractivity (Wildman–Crippen MR) is 51.9 cm³/mol. The van der Waals surface area contributed by atoms with E-state index in [1.165, 1.54) is 0 Å². The molecule has 1 aromatic heterocycles. The van der Waals surface area contributed by atoms with E-state index in [4.69, 9.17) is 0 Å². The summed E-state index contributed by atoms with van der Waals surface area (Å²) in [6.07, 6.45) is 0.894. The van der Waals surface area contributed by atoms with Crippen molar-refractivity contribution in [3.05, 3.63) is 40.4 Å². The highest BCUT2D eigenvalue weighted by Gasteiger charge is 2.07. The van der Waals surface area contributed by atoms with Crippen molar-refractivity contribution in [3.63, 3.8) is 0 Å². The molecule has 1 aromatic carbocycles. The van der Waals surface area contributed by atoms with E-state index in [1.54, 1.807) is 0 Å². The Labute approximate surface area is 80.6 Å². The maximum Gasteiger partial charge on any atom is 0.439 e. The lowest BCUT2D eigenvalue weighted by Crippen LogP contribution is -1.96. The van der Waals surface area contributed by atoms with Crippen LogP contribution in [0.15, 0.2) is 33.6 Å². The Kier molecular flexibility index (Phi) is 2.18. The third kappa shape index (κ3) is 1.46. The van der Waals surface area contributed by atoms with Crippen molar-refractivity contribution in [2.45, 2.75) is 13.3 Å². The van der Waals surface area contributed by atoms with Gasteiger partial charge in [-0.05, 0) is 12.0 Å². The Morgan fingerprint density at radius 1 is 1.43 bits per heavy atom. The van der Waals surface area contributed by atoms with Gasteiger partial charge in [0.1, 0.15) is 0 Å². The standard InChI is InChI=1S/C10H10N2O2/c1-2-7-5-3-4-6-8(7)9-11-10(13)14-12-9/h3-6H,2H2,1H3,(H,11,12,13). The summed E-state index contributed by atoms with van der Waals surface area (Å²) in [6.45, 7) is 2.05. The fourth-order valence-electron chi connectivity index (χ4n) is 1.41. The number of aromatic nitrogens is 2. The number of nitrogens with one attached hydrogen (secondary N) is 1. The molecule has 0 amide bonds. The van der Waals surface area contributed by atoms with Gasteiger partial charge in [0.05, 0.1) is 0 Å². The molecule has 0 bridgehead atoms. The first-order valence-corrected chi connectivity index (χ1v) is 4.45. The van der Waals surface area contributed by atoms with Gasteiger partial charge in [-0.2, -0.15) is 0 Å². The summed E-state index contributed by atoms with van der Waals surface area (Å²) in [5.74, 6) is -0.0293. The monoisotopic (exact) mass is 190 g/mol. The van der Waals surface area contributed by atoms with Gasteiger partial charge in [0, 0.05) is 5.56 Å². The summed E-state index contributed by atoms with van der Waals surface area (Å²) in [5, 5.41) is 3.65. The maximum atomic E-state index is 10.8. The molecular formula is C10H10N2O2. The molecule has 72 valence electrons. The lowest BCUT2D eigenvalue weighted by Gasteiger charge is -2.01. The average molecular weight is 190 g/mol. The summed E-state index contributed by atoms with van der Waals surface area (Å²) in [4.78, 5) is 13.3. The molecule has 0 fully saturated rings. The molecule has 0 atom stereocenters. The van der Waals surface area contributed by atoms with Crippen LogP contribution in [0.3, 0.4) is 0 Å². The zero-order chi connectivity index (χ0) is 9.97. The Bertz CT molecular complexity index is 485. The number of aryl methyl sites for hydroxylation is 1. The largest absolute Gasteiger partial charge is 0.439 e. The molecule has 4 nitrogen and oxygen atoms in total. The van der Waals surface area contributed by atoms with Crippen LogP contribution in [-0.2, 0) is 6.42 Å². The van der Waals surface area contributed by atoms with Crippen molar-refractivity contribution in [3.8, 4) is 11.4 Å². The zero-order valence-electron chi connectivity index (χ0n) is 7.78. The highest BCUT2D eigenvalue weighted by Crippen LogP contribution is 2.18. The molecule has 0 saturated heterocycles. The van der Waals surface area contributed by atoms with Crippen LogP contribution < -0.4 is 5.76 Å². The van der Waals surface area contributed by atoms with Gasteiger partial charge < -0.3 is 0 Å². The van der Waals surface area contributed by atoms with E-state index in [-0.39, 0.29) is 0 Å². The normalized spacial score (nSPS) is 10.4. The molecule has 1 N–H and O–H groups in total. The number of nitrogens with zero attached hydrogens (tertiary/aromatic N) is 1. The highest BCUT2D eigenvalue weighted by molar-refractivity contribution is 5.59. The van der Waals surface area contributed by atoms with Gasteiger partial charge in [0.25, 0.3) is 0 Å². The van der Waals surface area contributed by atoms with Crippen LogP contribution in [0.5, 0.6) is 0 Å². The second kappa shape index (κ2) is 3.49. The Hall–Kier alpha value is -1.84. The van der Waals surface area contributed by atoms with Crippen LogP contribution in [0, 0.1) is 0 Å². The van der Waals surface area contributed by atoms with E-state index in [2.05, 4.69) is 21.6 Å². The molecule has 14 heavy (non-hydrogen) atoms. The fraction of sp³-hybridized carbons (Fsp3) is 0.200. The molecule has 0 aliphatic carbocycles. The molecule has 0 spiro atoms. The average Bonchev–Trinajstić information content (AvgIpc) is 2.65. The first-order chi connectivity index (χ1) is 6.81. The number of hydrogen-bond donors (Lipinski definition) is 1. The van der Waals surface area contributed by atoms with Gasteiger partial charge in [0.2, 0.25) is 0 Å². The first-order valence-electron chi connectivity index (χ1n) is 4.45. The van der Waals surface area contributed by atoms with E-state index in [1.807, 2.05) is 24.3 Å². The molecular weight excluding hydrogens is 180 g/mol. The topological polar surface area (TPSA) is 58.9 Å². The van der Waals surface area contributed by atoms with Crippen LogP contribution in [0.1, 0.15) is 12.5 Å². The molecule has 0 radical (unpaired) electrons. The second-order valence-electron chi connectivity index (χ2n) is 2.95. The number of benzene rings is 1. The Morgan fingerprint density at radius 3 is 2.86 bits per heavy atom. The number of hydrogen-bond acceptors (Lipinski definition) is 3. The van der Waals surface area contributed by atoms with Gasteiger partial charge in [-0.25, -0.2) is 4.79 Å². The summed E-state index contributed by atoms with van der Waals surface area (Å²) in [5.41, 5.74) is 2.05. The van der Waals surface area contributed by atoms with Crippen LogP contribution >= 0.6 is 0 Å². The number of rotatable bonds is 2. The quantitative estimate of drug-likeness (QED) is 0.782. The van der Waals surface area contributed by atoms with Gasteiger partial charge in [-0.1, -0.05) is 36.3 Å². The van der Waals surface area contributed by atoms with Crippen molar-refractivity contribution >= 4 is 0 Å². The number of aromatic amines is 1. The Balaban J connectivity index is 2.55. The van der Waals surface area contributed by atoms with Gasteiger partial charge in [-0.3, -0.25) is 9.51 Å². The van der Waals surface area contributed by atoms with E-state index in [0.29, 0.717) is 5.82 Å². The predicted octanol–water partition coefficient (Wildman–Crippen LogP) is 1.59. The molecule has 0 aliphatic heterocycles. The van der Waals surface area contributed by atoms with Crippen molar-refractivity contribution in [2.75, 3.05) is 0 Å². The van der Waals surface area contributed by atoms with Crippen LogP contribution in [0.2, 0.25) is 0 Å². The van der Waals surface area contributed by atoms with Gasteiger partial charge >= 0.3 is 5.76 Å². The van der Waals surface area contributed by atoms with E-state index >= 15 is 0 Å². The minimum absolute atomic E-state index is 0.493. The molecule has 2 rings (SSSR count). The number of H-pyrrole nitrogens is 1. The lowest BCUT2D eigenvalue weighted by molar-refractivity contribution is 0.388. The van der Waals surface area contributed by atoms with E-state index in [0.717, 1.165) is 17.5 Å². The fourth-order valence-corrected chi connectivity index (χ4v) is 1.41. The van der Waals surface area contributed by atoms with Crippen LogP contribution in [0.4, 0.5) is 0 Å². The molecule has 4 heteroatoms. The zero-order valence-corrected chi connectivity index (χ0v) is 7.78. The van der Waals surface area contributed by atoms with Crippen molar-refractivity contribution in [1.29, 1.82) is 0 Å². The summed E-state index contributed by atoms with van der Waals surface area (Å²) in [6, 6.07) is 7.77. The summed E-state index contributed by atoms with van der Waals surface area (Å²) < 4.78 is 4.46.